The number of carbonyl (C=O) groups excluding carboxylic acids is 2. The lowest BCUT2D eigenvalue weighted by Crippen LogP contribution is -2.35. The molecule has 3 N–H and O–H groups in total. The van der Waals surface area contributed by atoms with E-state index in [-0.39, 0.29) is 27.1 Å². The maximum atomic E-state index is 13.7. The van der Waals surface area contributed by atoms with E-state index < -0.39 is 47.4 Å². The summed E-state index contributed by atoms with van der Waals surface area (Å²) < 4.78 is 81.8. The van der Waals surface area contributed by atoms with E-state index in [0.717, 1.165) is 30.3 Å². The van der Waals surface area contributed by atoms with Gasteiger partial charge in [-0.2, -0.15) is 17.6 Å². The molecule has 0 saturated heterocycles. The van der Waals surface area contributed by atoms with Crippen molar-refractivity contribution in [1.29, 1.82) is 0 Å². The largest absolute Gasteiger partial charge is 0.461 e. The summed E-state index contributed by atoms with van der Waals surface area (Å²) in [6.07, 6.45) is -8.68. The second-order valence-electron chi connectivity index (χ2n) is 6.93. The molecule has 0 radical (unpaired) electrons. The number of benzene rings is 3. The lowest BCUT2D eigenvalue weighted by atomic mass is 10.2. The molecule has 0 fully saturated rings. The van der Waals surface area contributed by atoms with Gasteiger partial charge in [0.2, 0.25) is 0 Å². The molecular formula is C22H13Cl2F6N3O3. The Hall–Kier alpha value is -3.64. The van der Waals surface area contributed by atoms with Crippen LogP contribution in [0.1, 0.15) is 10.4 Å². The number of halogens is 8. The molecule has 0 saturated carbocycles. The number of hydrogen-bond acceptors (Lipinski definition) is 4. The summed E-state index contributed by atoms with van der Waals surface area (Å²) in [5.41, 5.74) is -0.548. The summed E-state index contributed by atoms with van der Waals surface area (Å²) in [7, 11) is 0. The first-order valence-electron chi connectivity index (χ1n) is 9.65. The van der Waals surface area contributed by atoms with Crippen LogP contribution in [0.25, 0.3) is 0 Å². The van der Waals surface area contributed by atoms with Crippen molar-refractivity contribution in [2.24, 2.45) is 0 Å². The number of amides is 3. The van der Waals surface area contributed by atoms with Crippen molar-refractivity contribution in [1.82, 2.24) is 5.32 Å². The second-order valence-corrected chi connectivity index (χ2v) is 7.75. The molecule has 0 aliphatic heterocycles. The molecule has 0 unspecified atom stereocenters. The fraction of sp³-hybridized carbons (Fsp3) is 0.0909. The molecule has 0 bridgehead atoms. The molecule has 0 aromatic heterocycles. The predicted molar refractivity (Wildman–Crippen MR) is 121 cm³/mol. The standard InChI is InChI=1S/C22H13Cl2F6N3O3/c23-13-8-11(32-21(35)33-19(34)17-15(25)2-1-3-16(17)26)9-14(24)18(13)31-10-4-6-12(7-5-10)36-22(29,30)20(27)28/h1-9,20,31H,(H2,32,33,34,35). The van der Waals surface area contributed by atoms with Gasteiger partial charge in [-0.3, -0.25) is 10.1 Å². The number of nitrogens with one attached hydrogen (secondary N) is 3. The zero-order chi connectivity index (χ0) is 26.6. The minimum absolute atomic E-state index is 0.00725. The van der Waals surface area contributed by atoms with Crippen molar-refractivity contribution in [3.05, 3.63) is 81.8 Å². The van der Waals surface area contributed by atoms with Gasteiger partial charge in [-0.25, -0.2) is 13.6 Å². The number of urea groups is 1. The van der Waals surface area contributed by atoms with Gasteiger partial charge in [0.1, 0.15) is 22.9 Å². The highest BCUT2D eigenvalue weighted by atomic mass is 35.5. The first-order valence-corrected chi connectivity index (χ1v) is 10.4. The van der Waals surface area contributed by atoms with Gasteiger partial charge < -0.3 is 15.4 Å². The quantitative estimate of drug-likeness (QED) is 0.271. The SMILES string of the molecule is O=C(NC(=O)c1c(F)cccc1F)Nc1cc(Cl)c(Nc2ccc(OC(F)(F)C(F)F)cc2)c(Cl)c1. The average Bonchev–Trinajstić information content (AvgIpc) is 2.77. The Balaban J connectivity index is 1.67. The third kappa shape index (κ3) is 6.52. The third-order valence-electron chi connectivity index (χ3n) is 4.35. The van der Waals surface area contributed by atoms with Gasteiger partial charge in [0.05, 0.1) is 15.7 Å². The van der Waals surface area contributed by atoms with Gasteiger partial charge in [-0.1, -0.05) is 29.3 Å². The molecule has 6 nitrogen and oxygen atoms in total. The van der Waals surface area contributed by atoms with Crippen molar-refractivity contribution < 1.29 is 40.7 Å². The van der Waals surface area contributed by atoms with Crippen LogP contribution in [-0.4, -0.2) is 24.5 Å². The number of carbonyl (C=O) groups is 2. The normalized spacial score (nSPS) is 11.2. The topological polar surface area (TPSA) is 79.5 Å². The van der Waals surface area contributed by atoms with Crippen LogP contribution in [-0.2, 0) is 0 Å². The molecule has 3 aromatic rings. The molecule has 0 heterocycles. The van der Waals surface area contributed by atoms with E-state index >= 15 is 0 Å². The van der Waals surface area contributed by atoms with Crippen molar-refractivity contribution in [3.63, 3.8) is 0 Å². The van der Waals surface area contributed by atoms with Gasteiger partial charge in [0, 0.05) is 11.4 Å². The first kappa shape index (κ1) is 27.0. The van der Waals surface area contributed by atoms with Crippen molar-refractivity contribution >= 4 is 52.2 Å². The summed E-state index contributed by atoms with van der Waals surface area (Å²) in [4.78, 5) is 24.1. The van der Waals surface area contributed by atoms with Gasteiger partial charge in [-0.15, -0.1) is 0 Å². The lowest BCUT2D eigenvalue weighted by molar-refractivity contribution is -0.253. The van der Waals surface area contributed by atoms with Gasteiger partial charge in [-0.05, 0) is 48.5 Å². The van der Waals surface area contributed by atoms with Gasteiger partial charge in [0.15, 0.2) is 0 Å². The minimum Gasteiger partial charge on any atom is -0.428 e. The van der Waals surface area contributed by atoms with E-state index in [1.807, 2.05) is 0 Å². The first-order chi connectivity index (χ1) is 16.9. The van der Waals surface area contributed by atoms with Crippen molar-refractivity contribution in [2.75, 3.05) is 10.6 Å². The summed E-state index contributed by atoms with van der Waals surface area (Å²) in [5.74, 6) is -4.16. The average molecular weight is 552 g/mol. The Kier molecular flexibility index (Phi) is 8.21. The van der Waals surface area contributed by atoms with E-state index in [0.29, 0.717) is 0 Å². The minimum atomic E-state index is -4.66. The van der Waals surface area contributed by atoms with E-state index in [9.17, 15) is 35.9 Å². The lowest BCUT2D eigenvalue weighted by Gasteiger charge is -2.17. The maximum absolute atomic E-state index is 13.7. The Labute approximate surface area is 209 Å². The highest BCUT2D eigenvalue weighted by molar-refractivity contribution is 6.39. The summed E-state index contributed by atoms with van der Waals surface area (Å²) in [6.45, 7) is 0. The molecule has 36 heavy (non-hydrogen) atoms. The molecule has 0 atom stereocenters. The Morgan fingerprint density at radius 1 is 0.889 bits per heavy atom. The highest BCUT2D eigenvalue weighted by Gasteiger charge is 2.43. The zero-order valence-electron chi connectivity index (χ0n) is 17.5. The van der Waals surface area contributed by atoms with Crippen LogP contribution in [0.5, 0.6) is 5.75 Å². The molecule has 14 heteroatoms. The van der Waals surface area contributed by atoms with E-state index in [1.54, 1.807) is 5.32 Å². The number of anilines is 3. The summed E-state index contributed by atoms with van der Waals surface area (Å²) in [6, 6.07) is 8.55. The van der Waals surface area contributed by atoms with Crippen LogP contribution < -0.4 is 20.7 Å². The fourth-order valence-corrected chi connectivity index (χ4v) is 3.34. The Morgan fingerprint density at radius 2 is 1.44 bits per heavy atom. The Bertz CT molecular complexity index is 1250. The smallest absolute Gasteiger partial charge is 0.428 e. The fourth-order valence-electron chi connectivity index (χ4n) is 2.76. The third-order valence-corrected chi connectivity index (χ3v) is 4.94. The van der Waals surface area contributed by atoms with Crippen LogP contribution in [0.2, 0.25) is 10.0 Å². The van der Waals surface area contributed by atoms with Crippen LogP contribution in [0.4, 0.5) is 48.2 Å². The van der Waals surface area contributed by atoms with E-state index in [4.69, 9.17) is 23.2 Å². The van der Waals surface area contributed by atoms with Gasteiger partial charge in [0.25, 0.3) is 5.91 Å². The van der Waals surface area contributed by atoms with Crippen molar-refractivity contribution in [3.8, 4) is 5.75 Å². The number of rotatable bonds is 7. The number of hydrogen-bond donors (Lipinski definition) is 3. The predicted octanol–water partition coefficient (Wildman–Crippen LogP) is 7.21. The second kappa shape index (κ2) is 11.0. The molecule has 3 rings (SSSR count). The summed E-state index contributed by atoms with van der Waals surface area (Å²) in [5, 5.41) is 6.71. The molecular weight excluding hydrogens is 539 g/mol. The Morgan fingerprint density at radius 3 is 1.97 bits per heavy atom. The monoisotopic (exact) mass is 551 g/mol. The van der Waals surface area contributed by atoms with Crippen LogP contribution >= 0.6 is 23.2 Å². The summed E-state index contributed by atoms with van der Waals surface area (Å²) >= 11 is 12.3. The molecule has 0 aliphatic carbocycles. The van der Waals surface area contributed by atoms with Crippen LogP contribution in [0.15, 0.2) is 54.6 Å². The molecule has 190 valence electrons. The van der Waals surface area contributed by atoms with Crippen LogP contribution in [0.3, 0.4) is 0 Å². The molecule has 0 spiro atoms. The van der Waals surface area contributed by atoms with E-state index in [1.165, 1.54) is 24.3 Å². The zero-order valence-corrected chi connectivity index (χ0v) is 19.0. The van der Waals surface area contributed by atoms with Crippen LogP contribution in [0, 0.1) is 11.6 Å². The maximum Gasteiger partial charge on any atom is 0.461 e. The number of alkyl halides is 4. The number of ether oxygens (including phenoxy) is 1. The van der Waals surface area contributed by atoms with Crippen molar-refractivity contribution in [2.45, 2.75) is 12.5 Å². The van der Waals surface area contributed by atoms with E-state index in [2.05, 4.69) is 15.4 Å². The highest BCUT2D eigenvalue weighted by Crippen LogP contribution is 2.36. The molecule has 0 aliphatic rings. The molecule has 3 amide bonds. The number of imide groups is 1. The van der Waals surface area contributed by atoms with Gasteiger partial charge >= 0.3 is 18.6 Å². The molecule has 3 aromatic carbocycles.